The van der Waals surface area contributed by atoms with E-state index in [2.05, 4.69) is 10.6 Å². The van der Waals surface area contributed by atoms with Crippen LogP contribution in [0, 0.1) is 22.7 Å². The number of hydrogen-bond donors (Lipinski definition) is 2. The summed E-state index contributed by atoms with van der Waals surface area (Å²) in [6.45, 7) is 1.47. The highest BCUT2D eigenvalue weighted by atomic mass is 19.4. The first kappa shape index (κ1) is 45.9. The molecule has 0 aromatic heterocycles. The summed E-state index contributed by atoms with van der Waals surface area (Å²) in [7, 11) is 3.95. The van der Waals surface area contributed by atoms with E-state index in [0.717, 1.165) is 34.1 Å². The Balaban J connectivity index is 0.951. The second-order valence-electron chi connectivity index (χ2n) is 17.3. The van der Waals surface area contributed by atoms with E-state index >= 15 is 0 Å². The molecule has 4 aliphatic rings. The van der Waals surface area contributed by atoms with E-state index in [1.165, 1.54) is 24.3 Å². The number of carbonyl (C=O) groups excluding carboxylic acids is 4. The van der Waals surface area contributed by atoms with Gasteiger partial charge in [-0.2, -0.15) is 36.9 Å². The van der Waals surface area contributed by atoms with Crippen LogP contribution in [0.2, 0.25) is 0 Å². The predicted octanol–water partition coefficient (Wildman–Crippen LogP) is 7.76. The SMILES string of the molecule is C[N+](C)(CCCN1CC2=C(C1=O)C(c1ccc(C#N)cc1)NC(=O)N2c1cccc(C(F)(F)F)c1)CCCN1CC2=C(C1=O)C(c1ccc(C#N)cc1)NC(=O)N2c1cccc(C(F)(F)F)c1. The molecule has 0 bridgehead atoms. The molecule has 4 aromatic rings. The second-order valence-corrected chi connectivity index (χ2v) is 17.3. The van der Waals surface area contributed by atoms with Crippen LogP contribution in [0.4, 0.5) is 47.3 Å². The van der Waals surface area contributed by atoms with E-state index in [0.29, 0.717) is 52.7 Å². The standard InChI is InChI=1S/C48H41F6N9O4/c1-63(2,21-5-19-59-27-37-39(43(59)64)41(31-15-11-29(25-55)12-16-31)57-45(66)61(37)35-9-3-7-33(23-35)47(49,50)51)22-6-20-60-28-38-40(44(60)65)42(32-17-13-30(26-56)14-18-32)58-46(67)62(38)36-10-4-8-34(24-36)48(52,53)54/h3-4,7-18,23-24,41-42H,5-6,19-22,27-28H2,1-2H3,(H-,57,58,66,67)/p+1. The summed E-state index contributed by atoms with van der Waals surface area (Å²) in [6.07, 6.45) is -8.40. The zero-order valence-corrected chi connectivity index (χ0v) is 36.1. The molecular weight excluding hydrogens is 881 g/mol. The van der Waals surface area contributed by atoms with Crippen LogP contribution in [-0.4, -0.2) is 91.5 Å². The van der Waals surface area contributed by atoms with Gasteiger partial charge < -0.3 is 24.9 Å². The molecule has 0 radical (unpaired) electrons. The number of carbonyl (C=O) groups is 4. The van der Waals surface area contributed by atoms with Crippen molar-refractivity contribution in [3.05, 3.63) is 153 Å². The summed E-state index contributed by atoms with van der Waals surface area (Å²) in [4.78, 5) is 61.2. The molecule has 0 saturated heterocycles. The lowest BCUT2D eigenvalue weighted by atomic mass is 9.94. The van der Waals surface area contributed by atoms with Gasteiger partial charge in [-0.15, -0.1) is 0 Å². The number of nitrogens with one attached hydrogen (secondary N) is 2. The van der Waals surface area contributed by atoms with Gasteiger partial charge in [-0.25, -0.2) is 9.59 Å². The molecule has 2 N–H and O–H groups in total. The summed E-state index contributed by atoms with van der Waals surface area (Å²) < 4.78 is 83.1. The van der Waals surface area contributed by atoms with Crippen molar-refractivity contribution in [2.24, 2.45) is 0 Å². The number of hydrogen-bond acceptors (Lipinski definition) is 6. The van der Waals surface area contributed by atoms with Crippen molar-refractivity contribution in [3.63, 3.8) is 0 Å². The number of anilines is 2. The quantitative estimate of drug-likeness (QED) is 0.110. The van der Waals surface area contributed by atoms with E-state index in [9.17, 15) is 56.0 Å². The Morgan fingerprint density at radius 3 is 1.31 bits per heavy atom. The normalized spacial score (nSPS) is 18.8. The zero-order valence-electron chi connectivity index (χ0n) is 36.1. The van der Waals surface area contributed by atoms with E-state index in [4.69, 9.17) is 0 Å². The van der Waals surface area contributed by atoms with Crippen LogP contribution in [-0.2, 0) is 21.9 Å². The molecule has 344 valence electrons. The van der Waals surface area contributed by atoms with Crippen LogP contribution in [0.1, 0.15) is 58.3 Å². The van der Waals surface area contributed by atoms with Crippen molar-refractivity contribution in [2.45, 2.75) is 37.3 Å². The van der Waals surface area contributed by atoms with Crippen LogP contribution in [0.5, 0.6) is 0 Å². The Morgan fingerprint density at radius 2 is 0.970 bits per heavy atom. The molecule has 0 spiro atoms. The van der Waals surface area contributed by atoms with Gasteiger partial charge >= 0.3 is 24.4 Å². The molecule has 0 saturated carbocycles. The summed E-state index contributed by atoms with van der Waals surface area (Å²) in [5.41, 5.74) is 0.587. The molecule has 4 aliphatic heterocycles. The third-order valence-corrected chi connectivity index (χ3v) is 12.4. The number of urea groups is 2. The van der Waals surface area contributed by atoms with Crippen LogP contribution in [0.25, 0.3) is 0 Å². The van der Waals surface area contributed by atoms with Gasteiger partial charge in [0.05, 0.1) is 121 Å². The average Bonchev–Trinajstić information content (AvgIpc) is 3.79. The summed E-state index contributed by atoms with van der Waals surface area (Å²) in [5.74, 6) is -0.802. The topological polar surface area (TPSA) is 153 Å². The van der Waals surface area contributed by atoms with E-state index in [1.807, 2.05) is 26.2 Å². The fourth-order valence-electron chi connectivity index (χ4n) is 9.03. The number of alkyl halides is 6. The first-order valence-corrected chi connectivity index (χ1v) is 21.2. The molecular formula is C48H42F6N9O4+. The fraction of sp³-hybridized carbons (Fsp3) is 0.292. The number of halogens is 6. The average molecular weight is 923 g/mol. The highest BCUT2D eigenvalue weighted by molar-refractivity contribution is 6.08. The van der Waals surface area contributed by atoms with Gasteiger partial charge in [0, 0.05) is 25.9 Å². The third kappa shape index (κ3) is 9.15. The number of rotatable bonds is 12. The van der Waals surface area contributed by atoms with Crippen LogP contribution < -0.4 is 20.4 Å². The zero-order chi connectivity index (χ0) is 48.0. The number of nitriles is 2. The smallest absolute Gasteiger partial charge is 0.333 e. The van der Waals surface area contributed by atoms with Crippen LogP contribution >= 0.6 is 0 Å². The fourth-order valence-corrected chi connectivity index (χ4v) is 9.03. The van der Waals surface area contributed by atoms with Crippen molar-refractivity contribution in [2.75, 3.05) is 63.2 Å². The molecule has 2 unspecified atom stereocenters. The maximum absolute atomic E-state index is 14.2. The Morgan fingerprint density at radius 1 is 0.597 bits per heavy atom. The largest absolute Gasteiger partial charge is 0.416 e. The van der Waals surface area contributed by atoms with Crippen LogP contribution in [0.15, 0.2) is 120 Å². The van der Waals surface area contributed by atoms with Crippen LogP contribution in [0.3, 0.4) is 0 Å². The van der Waals surface area contributed by atoms with Gasteiger partial charge in [-0.1, -0.05) is 36.4 Å². The van der Waals surface area contributed by atoms with Gasteiger partial charge in [0.25, 0.3) is 11.8 Å². The number of amides is 6. The molecule has 2 atom stereocenters. The Kier molecular flexibility index (Phi) is 12.1. The first-order valence-electron chi connectivity index (χ1n) is 21.2. The molecule has 13 nitrogen and oxygen atoms in total. The molecule has 8 rings (SSSR count). The Labute approximate surface area is 380 Å². The van der Waals surface area contributed by atoms with E-state index in [1.54, 1.807) is 58.3 Å². The van der Waals surface area contributed by atoms with Crippen molar-refractivity contribution < 1.29 is 50.0 Å². The maximum atomic E-state index is 14.2. The number of quaternary nitrogens is 1. The number of nitrogens with zero attached hydrogens (tertiary/aromatic N) is 7. The molecule has 4 aromatic carbocycles. The summed E-state index contributed by atoms with van der Waals surface area (Å²) in [6, 6.07) is 22.0. The highest BCUT2D eigenvalue weighted by Gasteiger charge is 2.47. The molecule has 67 heavy (non-hydrogen) atoms. The van der Waals surface area contributed by atoms with Gasteiger partial charge in [0.1, 0.15) is 0 Å². The van der Waals surface area contributed by atoms with Crippen molar-refractivity contribution >= 4 is 35.3 Å². The van der Waals surface area contributed by atoms with E-state index in [-0.39, 0.29) is 60.1 Å². The summed E-state index contributed by atoms with van der Waals surface area (Å²) >= 11 is 0. The third-order valence-electron chi connectivity index (χ3n) is 12.4. The van der Waals surface area contributed by atoms with Crippen molar-refractivity contribution in [3.8, 4) is 12.1 Å². The van der Waals surface area contributed by atoms with E-state index < -0.39 is 59.4 Å². The number of benzene rings is 4. The highest BCUT2D eigenvalue weighted by Crippen LogP contribution is 2.42. The minimum absolute atomic E-state index is 0.0505. The molecule has 0 fully saturated rings. The minimum Gasteiger partial charge on any atom is -0.333 e. The monoisotopic (exact) mass is 922 g/mol. The van der Waals surface area contributed by atoms with Gasteiger partial charge in [0.15, 0.2) is 0 Å². The molecule has 0 aliphatic carbocycles. The second kappa shape index (κ2) is 17.6. The van der Waals surface area contributed by atoms with Gasteiger partial charge in [-0.3, -0.25) is 19.4 Å². The van der Waals surface area contributed by atoms with Crippen molar-refractivity contribution in [1.82, 2.24) is 20.4 Å². The van der Waals surface area contributed by atoms with Gasteiger partial charge in [-0.05, 0) is 71.8 Å². The lowest BCUT2D eigenvalue weighted by molar-refractivity contribution is -0.890. The molecule has 6 amide bonds. The lowest BCUT2D eigenvalue weighted by Gasteiger charge is -2.34. The minimum atomic E-state index is -4.68. The molecule has 19 heteroatoms. The lowest BCUT2D eigenvalue weighted by Crippen LogP contribution is -2.47. The first-order chi connectivity index (χ1) is 31.8. The predicted molar refractivity (Wildman–Crippen MR) is 231 cm³/mol. The Hall–Kier alpha value is -7.64. The van der Waals surface area contributed by atoms with Crippen molar-refractivity contribution in [1.29, 1.82) is 10.5 Å². The Bertz CT molecular complexity index is 2620. The summed E-state index contributed by atoms with van der Waals surface area (Å²) in [5, 5.41) is 24.2. The van der Waals surface area contributed by atoms with Gasteiger partial charge in [0.2, 0.25) is 0 Å². The maximum Gasteiger partial charge on any atom is 0.416 e. The molecule has 4 heterocycles.